The van der Waals surface area contributed by atoms with Gasteiger partial charge >= 0.3 is 0 Å². The molecule has 0 aliphatic rings. The summed E-state index contributed by atoms with van der Waals surface area (Å²) in [5.41, 5.74) is 2.32. The molecule has 1 rings (SSSR count). The molecule has 0 aromatic heterocycles. The Balaban J connectivity index is 2.79. The van der Waals surface area contributed by atoms with E-state index in [-0.39, 0.29) is 17.0 Å². The van der Waals surface area contributed by atoms with Gasteiger partial charge in [-0.05, 0) is 16.5 Å². The summed E-state index contributed by atoms with van der Waals surface area (Å²) in [6.07, 6.45) is 0. The first kappa shape index (κ1) is 16.5. The second-order valence-electron chi connectivity index (χ2n) is 5.71. The van der Waals surface area contributed by atoms with Crippen LogP contribution in [0, 0.1) is 0 Å². The van der Waals surface area contributed by atoms with Crippen molar-refractivity contribution in [1.82, 2.24) is 4.31 Å². The van der Waals surface area contributed by atoms with Crippen LogP contribution >= 0.6 is 11.6 Å². The largest absolute Gasteiger partial charge is 0.215 e. The number of hydrogen-bond donors (Lipinski definition) is 0. The van der Waals surface area contributed by atoms with Gasteiger partial charge in [0.05, 0.1) is 5.75 Å². The van der Waals surface area contributed by atoms with Crippen LogP contribution in [0.3, 0.4) is 0 Å². The van der Waals surface area contributed by atoms with Gasteiger partial charge in [0.15, 0.2) is 0 Å². The smallest absolute Gasteiger partial charge is 0.212 e. The fourth-order valence-corrected chi connectivity index (χ4v) is 3.16. The van der Waals surface area contributed by atoms with Crippen molar-refractivity contribution in [3.63, 3.8) is 0 Å². The first-order valence-corrected chi connectivity index (χ1v) is 8.40. The van der Waals surface area contributed by atoms with Gasteiger partial charge in [0.25, 0.3) is 0 Å². The monoisotopic (exact) mass is 303 g/mol. The van der Waals surface area contributed by atoms with E-state index in [0.29, 0.717) is 6.54 Å². The van der Waals surface area contributed by atoms with Crippen LogP contribution in [0.1, 0.15) is 31.9 Å². The summed E-state index contributed by atoms with van der Waals surface area (Å²) in [6, 6.07) is 8.06. The Kier molecular flexibility index (Phi) is 5.42. The Morgan fingerprint density at radius 3 is 2.11 bits per heavy atom. The molecule has 0 atom stereocenters. The molecule has 0 unspecified atom stereocenters. The summed E-state index contributed by atoms with van der Waals surface area (Å²) in [6.45, 7) is 6.83. The van der Waals surface area contributed by atoms with Crippen LogP contribution in [0.15, 0.2) is 24.3 Å². The highest BCUT2D eigenvalue weighted by Gasteiger charge is 2.18. The van der Waals surface area contributed by atoms with Crippen LogP contribution in [0.25, 0.3) is 0 Å². The average Bonchev–Trinajstić information content (AvgIpc) is 2.28. The standard InChI is InChI=1S/C14H22ClNO2S/c1-14(2,3)13-7-5-12(6-8-13)11-16(4)19(17,18)10-9-15/h5-8H,9-11H2,1-4H3. The van der Waals surface area contributed by atoms with Crippen LogP contribution in [-0.2, 0) is 22.0 Å². The molecule has 0 aliphatic carbocycles. The molecule has 3 nitrogen and oxygen atoms in total. The van der Waals surface area contributed by atoms with E-state index in [4.69, 9.17) is 11.6 Å². The first-order chi connectivity index (χ1) is 8.66. The molecule has 0 fully saturated rings. The van der Waals surface area contributed by atoms with Crippen LogP contribution in [0.5, 0.6) is 0 Å². The molecule has 0 bridgehead atoms. The number of nitrogens with zero attached hydrogens (tertiary/aromatic N) is 1. The Bertz CT molecular complexity index is 503. The fraction of sp³-hybridized carbons (Fsp3) is 0.571. The number of hydrogen-bond acceptors (Lipinski definition) is 2. The van der Waals surface area contributed by atoms with E-state index < -0.39 is 10.0 Å². The fourth-order valence-electron chi connectivity index (χ4n) is 1.72. The number of halogens is 1. The van der Waals surface area contributed by atoms with Gasteiger partial charge in [0.2, 0.25) is 10.0 Å². The maximum Gasteiger partial charge on any atom is 0.215 e. The van der Waals surface area contributed by atoms with Crippen molar-refractivity contribution in [2.45, 2.75) is 32.7 Å². The second-order valence-corrected chi connectivity index (χ2v) is 8.28. The lowest BCUT2D eigenvalue weighted by molar-refractivity contribution is 0.468. The minimum Gasteiger partial charge on any atom is -0.212 e. The molecule has 1 aromatic rings. The normalized spacial score (nSPS) is 12.9. The van der Waals surface area contributed by atoms with Crippen molar-refractivity contribution < 1.29 is 8.42 Å². The summed E-state index contributed by atoms with van der Waals surface area (Å²) in [4.78, 5) is 0. The number of benzene rings is 1. The third-order valence-electron chi connectivity index (χ3n) is 3.04. The maximum absolute atomic E-state index is 11.8. The van der Waals surface area contributed by atoms with E-state index in [1.807, 2.05) is 12.1 Å². The lowest BCUT2D eigenvalue weighted by Crippen LogP contribution is -2.29. The molecule has 0 spiro atoms. The van der Waals surface area contributed by atoms with Crippen LogP contribution in [0.2, 0.25) is 0 Å². The lowest BCUT2D eigenvalue weighted by Gasteiger charge is -2.20. The zero-order valence-corrected chi connectivity index (χ0v) is 13.6. The maximum atomic E-state index is 11.8. The van der Waals surface area contributed by atoms with Gasteiger partial charge in [-0.2, -0.15) is 0 Å². The Morgan fingerprint density at radius 2 is 1.68 bits per heavy atom. The molecule has 0 aliphatic heterocycles. The van der Waals surface area contributed by atoms with E-state index in [1.54, 1.807) is 7.05 Å². The molecule has 0 heterocycles. The van der Waals surface area contributed by atoms with Crippen molar-refractivity contribution in [2.75, 3.05) is 18.7 Å². The molecule has 0 saturated carbocycles. The van der Waals surface area contributed by atoms with E-state index in [2.05, 4.69) is 32.9 Å². The predicted molar refractivity (Wildman–Crippen MR) is 81.1 cm³/mol. The third kappa shape index (κ3) is 4.79. The molecule has 0 saturated heterocycles. The highest BCUT2D eigenvalue weighted by molar-refractivity contribution is 7.89. The summed E-state index contributed by atoms with van der Waals surface area (Å²) in [5, 5.41) is 0. The molecule has 1 aromatic carbocycles. The highest BCUT2D eigenvalue weighted by Crippen LogP contribution is 2.22. The van der Waals surface area contributed by atoms with Gasteiger partial charge in [-0.3, -0.25) is 0 Å². The first-order valence-electron chi connectivity index (χ1n) is 6.26. The van der Waals surface area contributed by atoms with E-state index >= 15 is 0 Å². The summed E-state index contributed by atoms with van der Waals surface area (Å²) in [7, 11) is -1.66. The van der Waals surface area contributed by atoms with Crippen molar-refractivity contribution in [3.8, 4) is 0 Å². The topological polar surface area (TPSA) is 37.4 Å². The van der Waals surface area contributed by atoms with Crippen molar-refractivity contribution >= 4 is 21.6 Å². The lowest BCUT2D eigenvalue weighted by atomic mass is 9.87. The average molecular weight is 304 g/mol. The third-order valence-corrected chi connectivity index (χ3v) is 5.25. The highest BCUT2D eigenvalue weighted by atomic mass is 35.5. The number of sulfonamides is 1. The summed E-state index contributed by atoms with van der Waals surface area (Å²) < 4.78 is 25.0. The molecule has 19 heavy (non-hydrogen) atoms. The minimum absolute atomic E-state index is 0.0227. The molecule has 0 N–H and O–H groups in total. The Hall–Kier alpha value is -0.580. The number of rotatable bonds is 5. The quantitative estimate of drug-likeness (QED) is 0.784. The molecular weight excluding hydrogens is 282 g/mol. The number of alkyl halides is 1. The van der Waals surface area contributed by atoms with Gasteiger partial charge < -0.3 is 0 Å². The van der Waals surface area contributed by atoms with Crippen molar-refractivity contribution in [3.05, 3.63) is 35.4 Å². The van der Waals surface area contributed by atoms with E-state index in [9.17, 15) is 8.42 Å². The van der Waals surface area contributed by atoms with E-state index in [1.165, 1.54) is 9.87 Å². The zero-order valence-electron chi connectivity index (χ0n) is 12.0. The summed E-state index contributed by atoms with van der Waals surface area (Å²) >= 11 is 5.50. The van der Waals surface area contributed by atoms with Gasteiger partial charge in [-0.25, -0.2) is 12.7 Å². The Morgan fingerprint density at radius 1 is 1.16 bits per heavy atom. The predicted octanol–water partition coefficient (Wildman–Crippen LogP) is 2.98. The SMILES string of the molecule is CN(Cc1ccc(C(C)(C)C)cc1)S(=O)(=O)CCCl. The summed E-state index contributed by atoms with van der Waals surface area (Å²) in [5.74, 6) is 0.0980. The van der Waals surface area contributed by atoms with Crippen molar-refractivity contribution in [1.29, 1.82) is 0 Å². The van der Waals surface area contributed by atoms with Crippen LogP contribution in [0.4, 0.5) is 0 Å². The van der Waals surface area contributed by atoms with Crippen LogP contribution < -0.4 is 0 Å². The van der Waals surface area contributed by atoms with Gasteiger partial charge in [0.1, 0.15) is 0 Å². The van der Waals surface area contributed by atoms with Gasteiger partial charge in [-0.1, -0.05) is 45.0 Å². The van der Waals surface area contributed by atoms with Crippen molar-refractivity contribution in [2.24, 2.45) is 0 Å². The zero-order chi connectivity index (χ0) is 14.7. The van der Waals surface area contributed by atoms with E-state index in [0.717, 1.165) is 5.56 Å². The molecule has 108 valence electrons. The second kappa shape index (κ2) is 6.25. The molecule has 0 amide bonds. The molecule has 5 heteroatoms. The Labute approximate surface area is 121 Å². The molecular formula is C14H22ClNO2S. The van der Waals surface area contributed by atoms with Crippen LogP contribution in [-0.4, -0.2) is 31.4 Å². The minimum atomic E-state index is -3.25. The van der Waals surface area contributed by atoms with Gasteiger partial charge in [-0.15, -0.1) is 11.6 Å². The molecule has 0 radical (unpaired) electrons. The van der Waals surface area contributed by atoms with Gasteiger partial charge in [0, 0.05) is 19.5 Å².